The molecule has 1 atom stereocenters. The van der Waals surface area contributed by atoms with Crippen molar-refractivity contribution < 1.29 is 4.92 Å². The van der Waals surface area contributed by atoms with Crippen LogP contribution in [0.3, 0.4) is 0 Å². The SMILES string of the molecule is CC(Cc1ccc([N+](=O)[O-])cc1)c1ccn[nH]1. The molecule has 5 nitrogen and oxygen atoms in total. The number of aromatic nitrogens is 2. The molecule has 17 heavy (non-hydrogen) atoms. The molecule has 0 spiro atoms. The van der Waals surface area contributed by atoms with Crippen LogP contribution in [0, 0.1) is 10.1 Å². The Morgan fingerprint density at radius 3 is 2.59 bits per heavy atom. The Kier molecular flexibility index (Phi) is 3.18. The average molecular weight is 231 g/mol. The summed E-state index contributed by atoms with van der Waals surface area (Å²) in [5, 5.41) is 17.3. The maximum absolute atomic E-state index is 10.5. The van der Waals surface area contributed by atoms with Gasteiger partial charge in [-0.15, -0.1) is 0 Å². The Morgan fingerprint density at radius 2 is 2.06 bits per heavy atom. The summed E-state index contributed by atoms with van der Waals surface area (Å²) in [6, 6.07) is 8.61. The highest BCUT2D eigenvalue weighted by Crippen LogP contribution is 2.20. The van der Waals surface area contributed by atoms with Crippen LogP contribution in [0.1, 0.15) is 24.1 Å². The first kappa shape index (κ1) is 11.3. The third kappa shape index (κ3) is 2.69. The number of hydrogen-bond acceptors (Lipinski definition) is 3. The zero-order valence-corrected chi connectivity index (χ0v) is 9.46. The van der Waals surface area contributed by atoms with Crippen LogP contribution >= 0.6 is 0 Å². The summed E-state index contributed by atoms with van der Waals surface area (Å²) < 4.78 is 0. The van der Waals surface area contributed by atoms with Gasteiger partial charge in [-0.1, -0.05) is 19.1 Å². The third-order valence-corrected chi connectivity index (χ3v) is 2.74. The Morgan fingerprint density at radius 1 is 1.35 bits per heavy atom. The van der Waals surface area contributed by atoms with Crippen molar-refractivity contribution in [2.24, 2.45) is 0 Å². The lowest BCUT2D eigenvalue weighted by Gasteiger charge is -2.08. The van der Waals surface area contributed by atoms with Gasteiger partial charge in [0.25, 0.3) is 5.69 Å². The monoisotopic (exact) mass is 231 g/mol. The lowest BCUT2D eigenvalue weighted by molar-refractivity contribution is -0.384. The van der Waals surface area contributed by atoms with Crippen LogP contribution in [0.5, 0.6) is 0 Å². The number of hydrogen-bond donors (Lipinski definition) is 1. The zero-order valence-electron chi connectivity index (χ0n) is 9.46. The number of aromatic amines is 1. The molecular formula is C12H13N3O2. The summed E-state index contributed by atoms with van der Waals surface area (Å²) in [5.41, 5.74) is 2.28. The molecule has 0 amide bonds. The van der Waals surface area contributed by atoms with E-state index in [4.69, 9.17) is 0 Å². The van der Waals surface area contributed by atoms with Crippen LogP contribution in [-0.2, 0) is 6.42 Å². The Balaban J connectivity index is 2.06. The first-order valence-corrected chi connectivity index (χ1v) is 5.39. The zero-order chi connectivity index (χ0) is 12.3. The van der Waals surface area contributed by atoms with Crippen molar-refractivity contribution in [2.45, 2.75) is 19.3 Å². The van der Waals surface area contributed by atoms with E-state index in [1.165, 1.54) is 12.1 Å². The fourth-order valence-electron chi connectivity index (χ4n) is 1.76. The molecule has 0 saturated carbocycles. The number of benzene rings is 1. The van der Waals surface area contributed by atoms with E-state index >= 15 is 0 Å². The number of nitro benzene ring substituents is 1. The van der Waals surface area contributed by atoms with E-state index in [2.05, 4.69) is 17.1 Å². The van der Waals surface area contributed by atoms with E-state index in [1.807, 2.05) is 6.07 Å². The summed E-state index contributed by atoms with van der Waals surface area (Å²) in [7, 11) is 0. The van der Waals surface area contributed by atoms with E-state index in [-0.39, 0.29) is 10.6 Å². The van der Waals surface area contributed by atoms with Gasteiger partial charge < -0.3 is 0 Å². The van der Waals surface area contributed by atoms with Crippen molar-refractivity contribution in [3.05, 3.63) is 57.9 Å². The molecule has 1 unspecified atom stereocenters. The summed E-state index contributed by atoms with van der Waals surface area (Å²) in [4.78, 5) is 10.1. The minimum Gasteiger partial charge on any atom is -0.282 e. The lowest BCUT2D eigenvalue weighted by Crippen LogP contribution is -1.99. The smallest absolute Gasteiger partial charge is 0.269 e. The van der Waals surface area contributed by atoms with Crippen molar-refractivity contribution >= 4 is 5.69 Å². The topological polar surface area (TPSA) is 71.8 Å². The second kappa shape index (κ2) is 4.78. The molecule has 0 radical (unpaired) electrons. The van der Waals surface area contributed by atoms with Gasteiger partial charge in [0.1, 0.15) is 0 Å². The minimum absolute atomic E-state index is 0.128. The number of nitro groups is 1. The molecule has 0 aliphatic heterocycles. The molecule has 2 aromatic rings. The molecule has 1 heterocycles. The van der Waals surface area contributed by atoms with Gasteiger partial charge in [0.2, 0.25) is 0 Å². The molecule has 1 aromatic heterocycles. The highest BCUT2D eigenvalue weighted by molar-refractivity contribution is 5.33. The molecule has 0 bridgehead atoms. The van der Waals surface area contributed by atoms with Crippen molar-refractivity contribution in [1.29, 1.82) is 0 Å². The first-order chi connectivity index (χ1) is 8.16. The van der Waals surface area contributed by atoms with E-state index in [1.54, 1.807) is 18.3 Å². The predicted molar refractivity (Wildman–Crippen MR) is 63.8 cm³/mol. The van der Waals surface area contributed by atoms with Crippen LogP contribution in [0.2, 0.25) is 0 Å². The summed E-state index contributed by atoms with van der Waals surface area (Å²) in [5.74, 6) is 0.318. The molecule has 0 aliphatic carbocycles. The van der Waals surface area contributed by atoms with E-state index in [9.17, 15) is 10.1 Å². The Bertz CT molecular complexity index is 491. The Hall–Kier alpha value is -2.17. The number of nitrogens with one attached hydrogen (secondary N) is 1. The van der Waals surface area contributed by atoms with Gasteiger partial charge in [0, 0.05) is 29.9 Å². The molecule has 0 fully saturated rings. The number of H-pyrrole nitrogens is 1. The van der Waals surface area contributed by atoms with Gasteiger partial charge in [0.15, 0.2) is 0 Å². The molecule has 2 rings (SSSR count). The van der Waals surface area contributed by atoms with E-state index in [0.29, 0.717) is 5.92 Å². The number of non-ortho nitro benzene ring substituents is 1. The standard InChI is InChI=1S/C12H13N3O2/c1-9(12-6-7-13-14-12)8-10-2-4-11(5-3-10)15(16)17/h2-7,9H,8H2,1H3,(H,13,14). The quantitative estimate of drug-likeness (QED) is 0.649. The number of nitrogens with zero attached hydrogens (tertiary/aromatic N) is 2. The molecule has 0 aliphatic rings. The van der Waals surface area contributed by atoms with Crippen LogP contribution in [0.25, 0.3) is 0 Å². The molecule has 1 N–H and O–H groups in total. The van der Waals surface area contributed by atoms with Gasteiger partial charge in [-0.25, -0.2) is 0 Å². The second-order valence-electron chi connectivity index (χ2n) is 4.04. The normalized spacial score (nSPS) is 12.3. The lowest BCUT2D eigenvalue weighted by atomic mass is 9.98. The molecule has 1 aromatic carbocycles. The molecular weight excluding hydrogens is 218 g/mol. The molecule has 0 saturated heterocycles. The maximum Gasteiger partial charge on any atom is 0.269 e. The maximum atomic E-state index is 10.5. The van der Waals surface area contributed by atoms with Crippen molar-refractivity contribution in [3.63, 3.8) is 0 Å². The second-order valence-corrected chi connectivity index (χ2v) is 4.04. The predicted octanol–water partition coefficient (Wildman–Crippen LogP) is 2.66. The molecule has 5 heteroatoms. The van der Waals surface area contributed by atoms with Crippen LogP contribution in [-0.4, -0.2) is 15.1 Å². The van der Waals surface area contributed by atoms with Gasteiger partial charge in [-0.2, -0.15) is 5.10 Å². The third-order valence-electron chi connectivity index (χ3n) is 2.74. The minimum atomic E-state index is -0.387. The van der Waals surface area contributed by atoms with E-state index in [0.717, 1.165) is 17.7 Å². The largest absolute Gasteiger partial charge is 0.282 e. The Labute approximate surface area is 98.6 Å². The summed E-state index contributed by atoms with van der Waals surface area (Å²) >= 11 is 0. The summed E-state index contributed by atoms with van der Waals surface area (Å²) in [6.07, 6.45) is 2.56. The fourth-order valence-corrected chi connectivity index (χ4v) is 1.76. The highest BCUT2D eigenvalue weighted by Gasteiger charge is 2.09. The first-order valence-electron chi connectivity index (χ1n) is 5.39. The fraction of sp³-hybridized carbons (Fsp3) is 0.250. The number of rotatable bonds is 4. The van der Waals surface area contributed by atoms with Crippen LogP contribution in [0.15, 0.2) is 36.5 Å². The van der Waals surface area contributed by atoms with Gasteiger partial charge in [-0.3, -0.25) is 15.2 Å². The van der Waals surface area contributed by atoms with Crippen molar-refractivity contribution in [1.82, 2.24) is 10.2 Å². The van der Waals surface area contributed by atoms with Gasteiger partial charge >= 0.3 is 0 Å². The van der Waals surface area contributed by atoms with Crippen LogP contribution < -0.4 is 0 Å². The summed E-state index contributed by atoms with van der Waals surface area (Å²) in [6.45, 7) is 2.09. The van der Waals surface area contributed by atoms with Crippen molar-refractivity contribution in [3.8, 4) is 0 Å². The molecule has 88 valence electrons. The van der Waals surface area contributed by atoms with Crippen LogP contribution in [0.4, 0.5) is 5.69 Å². The van der Waals surface area contributed by atoms with Crippen molar-refractivity contribution in [2.75, 3.05) is 0 Å². The van der Waals surface area contributed by atoms with E-state index < -0.39 is 0 Å². The average Bonchev–Trinajstić information content (AvgIpc) is 2.83. The van der Waals surface area contributed by atoms with Gasteiger partial charge in [-0.05, 0) is 18.1 Å². The van der Waals surface area contributed by atoms with Gasteiger partial charge in [0.05, 0.1) is 4.92 Å². The highest BCUT2D eigenvalue weighted by atomic mass is 16.6.